The van der Waals surface area contributed by atoms with Gasteiger partial charge in [0.15, 0.2) is 18.0 Å². The molecule has 3 aliphatic rings. The molecule has 1 fully saturated rings. The number of quaternary nitrogens is 2. The van der Waals surface area contributed by atoms with E-state index in [1.807, 2.05) is 24.4 Å². The van der Waals surface area contributed by atoms with Crippen LogP contribution in [0.5, 0.6) is 11.5 Å². The number of hydrogen-bond acceptors (Lipinski definition) is 3. The first kappa shape index (κ1) is 36.0. The van der Waals surface area contributed by atoms with Crippen LogP contribution in [0.2, 0.25) is 0 Å². The van der Waals surface area contributed by atoms with E-state index >= 15 is 0 Å². The van der Waals surface area contributed by atoms with Crippen molar-refractivity contribution in [1.82, 2.24) is 14.0 Å². The van der Waals surface area contributed by atoms with Gasteiger partial charge < -0.3 is 18.6 Å². The van der Waals surface area contributed by atoms with Crippen LogP contribution in [-0.4, -0.2) is 18.7 Å². The van der Waals surface area contributed by atoms with E-state index < -0.39 is 0 Å². The van der Waals surface area contributed by atoms with Crippen molar-refractivity contribution in [3.8, 4) is 11.5 Å². The number of ether oxygens (including phenoxy) is 1. The van der Waals surface area contributed by atoms with Crippen LogP contribution in [0.15, 0.2) is 97.2 Å². The Morgan fingerprint density at radius 1 is 0.680 bits per heavy atom. The van der Waals surface area contributed by atoms with Gasteiger partial charge in [-0.15, -0.1) is 35.9 Å². The minimum atomic E-state index is -0.0848. The SMILES string of the molecule is CC(C)(C)c1cc(Oc2[c-]c(N(c3ccccc3)c3cc(C(C)(C)C)ccn3)ccc2)[c-]c([N@@+]23[CH-][N@@+](C)(C2)c2ccc(C(C)(C)C)cc23)c1.[Pt]. The number of pyridine rings is 1. The number of benzene rings is 4. The van der Waals surface area contributed by atoms with Crippen LogP contribution in [0.1, 0.15) is 79.0 Å². The van der Waals surface area contributed by atoms with E-state index in [4.69, 9.17) is 9.72 Å². The van der Waals surface area contributed by atoms with E-state index in [1.165, 1.54) is 28.1 Å². The van der Waals surface area contributed by atoms with Crippen molar-refractivity contribution >= 4 is 34.3 Å². The molecule has 4 heterocycles. The van der Waals surface area contributed by atoms with E-state index in [9.17, 15) is 0 Å². The summed E-state index contributed by atoms with van der Waals surface area (Å²) in [5.41, 5.74) is 9.39. The second kappa shape index (κ2) is 12.5. The van der Waals surface area contributed by atoms with Gasteiger partial charge >= 0.3 is 0 Å². The summed E-state index contributed by atoms with van der Waals surface area (Å²) in [7, 11) is 2.30. The summed E-state index contributed by atoms with van der Waals surface area (Å²) >= 11 is 0. The first-order valence-electron chi connectivity index (χ1n) is 17.3. The van der Waals surface area contributed by atoms with Crippen molar-refractivity contribution in [2.24, 2.45) is 0 Å². The predicted octanol–water partition coefficient (Wildman–Crippen LogP) is 11.5. The van der Waals surface area contributed by atoms with Crippen LogP contribution in [-0.2, 0) is 37.3 Å². The van der Waals surface area contributed by atoms with E-state index in [-0.39, 0.29) is 37.3 Å². The monoisotopic (exact) mass is 844 g/mol. The van der Waals surface area contributed by atoms with Crippen molar-refractivity contribution in [3.05, 3.63) is 133 Å². The van der Waals surface area contributed by atoms with E-state index in [0.717, 1.165) is 34.0 Å². The molecule has 5 nitrogen and oxygen atoms in total. The quantitative estimate of drug-likeness (QED) is 0.126. The van der Waals surface area contributed by atoms with Crippen LogP contribution in [0.4, 0.5) is 34.3 Å². The van der Waals surface area contributed by atoms with E-state index in [0.29, 0.717) is 16.0 Å². The van der Waals surface area contributed by atoms with Gasteiger partial charge in [0, 0.05) is 62.3 Å². The van der Waals surface area contributed by atoms with Gasteiger partial charge in [0.2, 0.25) is 0 Å². The Morgan fingerprint density at radius 3 is 2.00 bits per heavy atom. The van der Waals surface area contributed by atoms with Crippen molar-refractivity contribution in [2.45, 2.75) is 78.6 Å². The standard InChI is InChI=1S/C44H49N4O.Pt/c1-42(2,3)31-19-20-39-40(25-31)48(29-47(39,10)30-48)36-23-33(44(7,8)9)24-38(28-36)49-37-18-14-17-35(27-37)46(34-15-12-11-13-16-34)41-26-32(21-22-45-41)43(4,5)6;/h11-26,29H,30H2,1-10H3;/q-1;/t47-,48+;/m0./s1. The van der Waals surface area contributed by atoms with E-state index in [1.54, 1.807) is 0 Å². The second-order valence-corrected chi connectivity index (χ2v) is 17.0. The van der Waals surface area contributed by atoms with Crippen molar-refractivity contribution in [3.63, 3.8) is 0 Å². The molecule has 0 N–H and O–H groups in total. The number of nitrogens with zero attached hydrogens (tertiary/aromatic N) is 4. The maximum Gasteiger partial charge on any atom is 0.179 e. The Morgan fingerprint density at radius 2 is 1.34 bits per heavy atom. The minimum absolute atomic E-state index is 0. The number of rotatable bonds is 6. The molecule has 0 spiro atoms. The van der Waals surface area contributed by atoms with Gasteiger partial charge in [-0.25, -0.2) is 4.98 Å². The summed E-state index contributed by atoms with van der Waals surface area (Å²) in [6.45, 7) is 23.7. The number of anilines is 3. The summed E-state index contributed by atoms with van der Waals surface area (Å²) < 4.78 is 8.20. The third kappa shape index (κ3) is 6.45. The van der Waals surface area contributed by atoms with Crippen molar-refractivity contribution in [2.75, 3.05) is 18.6 Å². The van der Waals surface area contributed by atoms with Crippen LogP contribution >= 0.6 is 0 Å². The Kier molecular flexibility index (Phi) is 8.99. The molecule has 0 unspecified atom stereocenters. The Bertz CT molecular complexity index is 2030. The molecule has 50 heavy (non-hydrogen) atoms. The third-order valence-corrected chi connectivity index (χ3v) is 9.99. The maximum atomic E-state index is 6.72. The fourth-order valence-electron chi connectivity index (χ4n) is 7.12. The average molecular weight is 845 g/mol. The molecule has 0 radical (unpaired) electrons. The molecule has 0 saturated carbocycles. The molecule has 1 aromatic heterocycles. The number of aromatic nitrogens is 1. The molecule has 5 aromatic rings. The molecule has 3 aliphatic heterocycles. The topological polar surface area (TPSA) is 25.4 Å². The zero-order valence-electron chi connectivity index (χ0n) is 31.0. The maximum absolute atomic E-state index is 6.72. The zero-order chi connectivity index (χ0) is 35.0. The molecule has 0 aliphatic carbocycles. The van der Waals surface area contributed by atoms with Gasteiger partial charge in [0.25, 0.3) is 0 Å². The van der Waals surface area contributed by atoms with Crippen LogP contribution in [0.25, 0.3) is 0 Å². The second-order valence-electron chi connectivity index (χ2n) is 17.0. The fraction of sp³-hybridized carbons (Fsp3) is 0.318. The number of hydrogen-bond donors (Lipinski definition) is 0. The van der Waals surface area contributed by atoms with Crippen molar-refractivity contribution in [1.29, 1.82) is 0 Å². The van der Waals surface area contributed by atoms with Gasteiger partial charge in [0.05, 0.1) is 13.7 Å². The van der Waals surface area contributed by atoms with Crippen LogP contribution in [0.3, 0.4) is 0 Å². The Hall–Kier alpha value is -3.76. The first-order chi connectivity index (χ1) is 23.0. The molecule has 6 heteroatoms. The molecule has 2 atom stereocenters. The van der Waals surface area contributed by atoms with Crippen molar-refractivity contribution < 1.29 is 25.8 Å². The van der Waals surface area contributed by atoms with Gasteiger partial charge in [-0.05, 0) is 51.6 Å². The third-order valence-electron chi connectivity index (χ3n) is 9.99. The molecule has 2 bridgehead atoms. The van der Waals surface area contributed by atoms with Gasteiger partial charge in [-0.2, -0.15) is 6.07 Å². The summed E-state index contributed by atoms with van der Waals surface area (Å²) in [6.07, 6.45) is 1.89. The first-order valence-corrected chi connectivity index (χ1v) is 17.3. The summed E-state index contributed by atoms with van der Waals surface area (Å²) in [4.78, 5) is 6.97. The van der Waals surface area contributed by atoms with Gasteiger partial charge in [0.1, 0.15) is 5.82 Å². The average Bonchev–Trinajstić information content (AvgIpc) is 3.43. The van der Waals surface area contributed by atoms with E-state index in [2.05, 4.69) is 166 Å². The number of para-hydroxylation sites is 1. The Labute approximate surface area is 314 Å². The molecule has 0 amide bonds. The molecule has 1 saturated heterocycles. The van der Waals surface area contributed by atoms with Crippen LogP contribution < -0.4 is 18.6 Å². The molecular formula is C44H49N4OPt-. The minimum Gasteiger partial charge on any atom is -0.509 e. The normalized spacial score (nSPS) is 19.6. The summed E-state index contributed by atoms with van der Waals surface area (Å²) in [5.74, 6) is 2.16. The smallest absolute Gasteiger partial charge is 0.179 e. The molecule has 8 rings (SSSR count). The van der Waals surface area contributed by atoms with Gasteiger partial charge in [-0.3, -0.25) is 0 Å². The predicted molar refractivity (Wildman–Crippen MR) is 204 cm³/mol. The molecular weight excluding hydrogens is 796 g/mol. The Balaban J connectivity index is 0.00000432. The largest absolute Gasteiger partial charge is 0.509 e. The molecule has 4 aromatic carbocycles. The van der Waals surface area contributed by atoms with Gasteiger partial charge in [-0.1, -0.05) is 98.3 Å². The molecule has 262 valence electrons. The summed E-state index contributed by atoms with van der Waals surface area (Å²) in [5, 5.41) is 0. The van der Waals surface area contributed by atoms with Crippen LogP contribution in [0, 0.1) is 18.8 Å². The fourth-order valence-corrected chi connectivity index (χ4v) is 7.12. The summed E-state index contributed by atoms with van der Waals surface area (Å²) in [6, 6.07) is 39.5. The zero-order valence-corrected chi connectivity index (χ0v) is 33.3.